The number of carbonyl (C=O) groups excluding carboxylic acids is 1. The Balaban J connectivity index is 2.06. The maximum Gasteiger partial charge on any atom is 0.257 e. The summed E-state index contributed by atoms with van der Waals surface area (Å²) in [4.78, 5) is 12.1. The van der Waals surface area contributed by atoms with Crippen molar-refractivity contribution in [1.29, 1.82) is 0 Å². The molecular weight excluding hydrogens is 306 g/mol. The quantitative estimate of drug-likeness (QED) is 0.829. The van der Waals surface area contributed by atoms with Crippen LogP contribution >= 0.6 is 12.2 Å². The standard InChI is InChI=1S/C16H14F2N2OS/c1-9-3-5-12(10(2)7-9)15(21)20-16(22)19-14-6-4-11(17)8-13(14)18/h3-8H,1-2H3,(H2,19,20,21,22). The van der Waals surface area contributed by atoms with E-state index in [1.54, 1.807) is 6.07 Å². The molecule has 0 spiro atoms. The Morgan fingerprint density at radius 2 is 1.82 bits per heavy atom. The van der Waals surface area contributed by atoms with Crippen LogP contribution in [0.25, 0.3) is 0 Å². The Morgan fingerprint density at radius 1 is 1.09 bits per heavy atom. The van der Waals surface area contributed by atoms with Crippen molar-refractivity contribution in [1.82, 2.24) is 5.32 Å². The van der Waals surface area contributed by atoms with E-state index >= 15 is 0 Å². The van der Waals surface area contributed by atoms with Crippen molar-refractivity contribution in [3.8, 4) is 0 Å². The number of rotatable bonds is 2. The van der Waals surface area contributed by atoms with Gasteiger partial charge in [-0.25, -0.2) is 8.78 Å². The highest BCUT2D eigenvalue weighted by Gasteiger charge is 2.12. The molecule has 2 N–H and O–H groups in total. The fourth-order valence-electron chi connectivity index (χ4n) is 1.98. The van der Waals surface area contributed by atoms with E-state index in [2.05, 4.69) is 10.6 Å². The third-order valence-electron chi connectivity index (χ3n) is 3.03. The molecule has 0 unspecified atom stereocenters. The van der Waals surface area contributed by atoms with E-state index in [9.17, 15) is 13.6 Å². The number of carbonyl (C=O) groups is 1. The molecule has 0 aliphatic carbocycles. The van der Waals surface area contributed by atoms with Crippen LogP contribution in [0.1, 0.15) is 21.5 Å². The van der Waals surface area contributed by atoms with Crippen LogP contribution in [0.5, 0.6) is 0 Å². The second-order valence-corrected chi connectivity index (χ2v) is 5.26. The lowest BCUT2D eigenvalue weighted by molar-refractivity contribution is 0.0977. The third-order valence-corrected chi connectivity index (χ3v) is 3.24. The fourth-order valence-corrected chi connectivity index (χ4v) is 2.19. The molecule has 1 amide bonds. The molecule has 0 aliphatic heterocycles. The van der Waals surface area contributed by atoms with Gasteiger partial charge >= 0.3 is 0 Å². The minimum Gasteiger partial charge on any atom is -0.330 e. The monoisotopic (exact) mass is 320 g/mol. The first-order valence-corrected chi connectivity index (χ1v) is 6.92. The number of thiocarbonyl (C=S) groups is 1. The molecule has 6 heteroatoms. The Labute approximate surface area is 132 Å². The zero-order valence-corrected chi connectivity index (χ0v) is 12.9. The first-order chi connectivity index (χ1) is 10.4. The molecule has 2 aromatic carbocycles. The predicted octanol–water partition coefficient (Wildman–Crippen LogP) is 3.71. The van der Waals surface area contributed by atoms with Crippen molar-refractivity contribution in [2.45, 2.75) is 13.8 Å². The summed E-state index contributed by atoms with van der Waals surface area (Å²) in [6.45, 7) is 3.75. The van der Waals surface area contributed by atoms with E-state index in [0.717, 1.165) is 23.3 Å². The van der Waals surface area contributed by atoms with Gasteiger partial charge in [-0.1, -0.05) is 17.7 Å². The summed E-state index contributed by atoms with van der Waals surface area (Å²) in [5.41, 5.74) is 2.33. The van der Waals surface area contributed by atoms with Crippen LogP contribution in [0.15, 0.2) is 36.4 Å². The summed E-state index contributed by atoms with van der Waals surface area (Å²) in [5.74, 6) is -1.87. The number of amides is 1. The van der Waals surface area contributed by atoms with Crippen molar-refractivity contribution in [3.63, 3.8) is 0 Å². The highest BCUT2D eigenvalue weighted by molar-refractivity contribution is 7.80. The lowest BCUT2D eigenvalue weighted by atomic mass is 10.1. The van der Waals surface area contributed by atoms with Crippen LogP contribution in [-0.2, 0) is 0 Å². The van der Waals surface area contributed by atoms with Gasteiger partial charge in [0.15, 0.2) is 5.11 Å². The van der Waals surface area contributed by atoms with Gasteiger partial charge in [-0.15, -0.1) is 0 Å². The van der Waals surface area contributed by atoms with Crippen LogP contribution < -0.4 is 10.6 Å². The van der Waals surface area contributed by atoms with Gasteiger partial charge in [-0.2, -0.15) is 0 Å². The maximum absolute atomic E-state index is 13.5. The Hall–Kier alpha value is -2.34. The molecule has 0 radical (unpaired) electrons. The molecule has 3 nitrogen and oxygen atoms in total. The van der Waals surface area contributed by atoms with Gasteiger partial charge in [-0.05, 0) is 49.8 Å². The van der Waals surface area contributed by atoms with Gasteiger partial charge in [0, 0.05) is 11.6 Å². The lowest BCUT2D eigenvalue weighted by Gasteiger charge is -2.11. The average Bonchev–Trinajstić information content (AvgIpc) is 2.41. The second kappa shape index (κ2) is 6.62. The summed E-state index contributed by atoms with van der Waals surface area (Å²) in [6.07, 6.45) is 0. The normalized spacial score (nSPS) is 10.2. The van der Waals surface area contributed by atoms with Crippen molar-refractivity contribution < 1.29 is 13.6 Å². The summed E-state index contributed by atoms with van der Waals surface area (Å²) < 4.78 is 26.3. The molecule has 0 aromatic heterocycles. The van der Waals surface area contributed by atoms with E-state index in [0.29, 0.717) is 5.56 Å². The molecule has 22 heavy (non-hydrogen) atoms. The number of anilines is 1. The van der Waals surface area contributed by atoms with Crippen LogP contribution in [-0.4, -0.2) is 11.0 Å². The van der Waals surface area contributed by atoms with Gasteiger partial charge in [0.25, 0.3) is 5.91 Å². The van der Waals surface area contributed by atoms with Crippen LogP contribution in [0, 0.1) is 25.5 Å². The van der Waals surface area contributed by atoms with Crippen molar-refractivity contribution >= 4 is 28.9 Å². The zero-order valence-electron chi connectivity index (χ0n) is 12.0. The predicted molar refractivity (Wildman–Crippen MR) is 86.0 cm³/mol. The zero-order chi connectivity index (χ0) is 16.3. The Morgan fingerprint density at radius 3 is 2.45 bits per heavy atom. The van der Waals surface area contributed by atoms with Gasteiger partial charge < -0.3 is 5.32 Å². The molecule has 0 heterocycles. The molecule has 0 saturated heterocycles. The molecule has 2 rings (SSSR count). The molecule has 114 valence electrons. The van der Waals surface area contributed by atoms with E-state index < -0.39 is 17.5 Å². The summed E-state index contributed by atoms with van der Waals surface area (Å²) in [7, 11) is 0. The fraction of sp³-hybridized carbons (Fsp3) is 0.125. The number of hydrogen-bond donors (Lipinski definition) is 2. The topological polar surface area (TPSA) is 41.1 Å². The molecule has 0 saturated carbocycles. The van der Waals surface area contributed by atoms with Gasteiger partial charge in [-0.3, -0.25) is 10.1 Å². The molecule has 0 bridgehead atoms. The van der Waals surface area contributed by atoms with Crippen LogP contribution in [0.3, 0.4) is 0 Å². The lowest BCUT2D eigenvalue weighted by Crippen LogP contribution is -2.34. The third kappa shape index (κ3) is 3.85. The minimum atomic E-state index is -0.789. The number of hydrogen-bond acceptors (Lipinski definition) is 2. The Kier molecular flexibility index (Phi) is 4.82. The molecule has 2 aromatic rings. The van der Waals surface area contributed by atoms with E-state index in [1.165, 1.54) is 6.07 Å². The van der Waals surface area contributed by atoms with Crippen LogP contribution in [0.2, 0.25) is 0 Å². The van der Waals surface area contributed by atoms with Crippen LogP contribution in [0.4, 0.5) is 14.5 Å². The highest BCUT2D eigenvalue weighted by atomic mass is 32.1. The summed E-state index contributed by atoms with van der Waals surface area (Å²) in [6, 6.07) is 8.43. The van der Waals surface area contributed by atoms with E-state index in [-0.39, 0.29) is 10.8 Å². The minimum absolute atomic E-state index is 0.00710. The second-order valence-electron chi connectivity index (χ2n) is 4.85. The van der Waals surface area contributed by atoms with Crippen molar-refractivity contribution in [2.75, 3.05) is 5.32 Å². The Bertz CT molecular complexity index is 747. The van der Waals surface area contributed by atoms with E-state index in [1.807, 2.05) is 26.0 Å². The first-order valence-electron chi connectivity index (χ1n) is 6.51. The number of nitrogens with one attached hydrogen (secondary N) is 2. The molecule has 0 fully saturated rings. The molecule has 0 atom stereocenters. The largest absolute Gasteiger partial charge is 0.330 e. The first kappa shape index (κ1) is 16.0. The molecule has 0 aliphatic rings. The summed E-state index contributed by atoms with van der Waals surface area (Å²) in [5, 5.41) is 4.93. The maximum atomic E-state index is 13.5. The average molecular weight is 320 g/mol. The van der Waals surface area contributed by atoms with Crippen molar-refractivity contribution in [2.24, 2.45) is 0 Å². The number of benzene rings is 2. The number of halogens is 2. The number of aryl methyl sites for hydroxylation is 2. The van der Waals surface area contributed by atoms with Gasteiger partial charge in [0.1, 0.15) is 11.6 Å². The SMILES string of the molecule is Cc1ccc(C(=O)NC(=S)Nc2ccc(F)cc2F)c(C)c1. The highest BCUT2D eigenvalue weighted by Crippen LogP contribution is 2.15. The van der Waals surface area contributed by atoms with Crippen molar-refractivity contribution in [3.05, 3.63) is 64.7 Å². The summed E-state index contributed by atoms with van der Waals surface area (Å²) >= 11 is 4.97. The van der Waals surface area contributed by atoms with Gasteiger partial charge in [0.2, 0.25) is 0 Å². The van der Waals surface area contributed by atoms with Gasteiger partial charge in [0.05, 0.1) is 5.69 Å². The van der Waals surface area contributed by atoms with E-state index in [4.69, 9.17) is 12.2 Å². The molecular formula is C16H14F2N2OS. The smallest absolute Gasteiger partial charge is 0.257 e.